The van der Waals surface area contributed by atoms with Gasteiger partial charge in [0.15, 0.2) is 0 Å². The number of rotatable bonds is 2. The Kier molecular flexibility index (Phi) is 1.20. The van der Waals surface area contributed by atoms with Gasteiger partial charge in [-0.25, -0.2) is 0 Å². The number of hydrogen-bond donors (Lipinski definition) is 2. The molecule has 86 valence electrons. The summed E-state index contributed by atoms with van der Waals surface area (Å²) in [6.45, 7) is -6.33. The third-order valence-corrected chi connectivity index (χ3v) is 2.78. The van der Waals surface area contributed by atoms with Crippen molar-refractivity contribution in [2.45, 2.75) is 37.5 Å². The number of carbonyl (C=O) groups excluding carboxylic acids is 1. The Morgan fingerprint density at radius 3 is 2.40 bits per heavy atom. The number of primary amides is 1. The fourth-order valence-electron chi connectivity index (χ4n) is 1.86. The first-order valence-corrected chi connectivity index (χ1v) is 4.83. The quantitative estimate of drug-likeness (QED) is 0.694. The van der Waals surface area contributed by atoms with E-state index in [1.54, 1.807) is 0 Å². The van der Waals surface area contributed by atoms with Crippen LogP contribution in [0.4, 0.5) is 0 Å². The lowest BCUT2D eigenvalue weighted by molar-refractivity contribution is -0.133. The van der Waals surface area contributed by atoms with E-state index in [2.05, 4.69) is 5.32 Å². The molecule has 15 heavy (non-hydrogen) atoms. The van der Waals surface area contributed by atoms with Crippen molar-refractivity contribution in [3.63, 3.8) is 0 Å². The van der Waals surface area contributed by atoms with Crippen molar-refractivity contribution < 1.29 is 18.5 Å². The van der Waals surface area contributed by atoms with Gasteiger partial charge in [0.1, 0.15) is 5.54 Å². The van der Waals surface area contributed by atoms with Crippen molar-refractivity contribution in [1.82, 2.24) is 10.2 Å². The minimum absolute atomic E-state index is 0.156. The summed E-state index contributed by atoms with van der Waals surface area (Å²) in [6.07, 6.45) is -10.7. The molecule has 4 nitrogen and oxygen atoms in total. The Bertz CT molecular complexity index is 542. The van der Waals surface area contributed by atoms with Crippen LogP contribution in [-0.4, -0.2) is 42.4 Å². The molecule has 2 aliphatic rings. The molecular formula is C11H21N3O. The van der Waals surface area contributed by atoms with Crippen molar-refractivity contribution in [2.24, 2.45) is 5.73 Å². The molecule has 2 fully saturated rings. The predicted octanol–water partition coefficient (Wildman–Crippen LogP) is 0.0798. The molecular weight excluding hydrogens is 190 g/mol. The Balaban J connectivity index is 2.80. The maximum atomic E-state index is 12.2. The average Bonchev–Trinajstić information content (AvgIpc) is 2.45. The number of piperidine rings is 2. The van der Waals surface area contributed by atoms with Crippen molar-refractivity contribution >= 4 is 5.91 Å². The van der Waals surface area contributed by atoms with Crippen LogP contribution in [0.5, 0.6) is 0 Å². The Morgan fingerprint density at radius 2 is 1.87 bits per heavy atom. The van der Waals surface area contributed by atoms with Gasteiger partial charge in [-0.3, -0.25) is 9.69 Å². The van der Waals surface area contributed by atoms with Gasteiger partial charge in [-0.05, 0) is 51.7 Å². The second-order valence-corrected chi connectivity index (χ2v) is 3.58. The minimum Gasteiger partial charge on any atom is -0.368 e. The fourth-order valence-corrected chi connectivity index (χ4v) is 1.86. The number of nitrogens with two attached hydrogens (primary N) is 1. The highest BCUT2D eigenvalue weighted by Crippen LogP contribution is 2.28. The van der Waals surface area contributed by atoms with Crippen LogP contribution in [0.3, 0.4) is 0 Å². The van der Waals surface area contributed by atoms with Gasteiger partial charge in [0, 0.05) is 13.7 Å². The second kappa shape index (κ2) is 4.49. The van der Waals surface area contributed by atoms with Gasteiger partial charge in [-0.2, -0.15) is 0 Å². The van der Waals surface area contributed by atoms with Gasteiger partial charge < -0.3 is 11.1 Å². The summed E-state index contributed by atoms with van der Waals surface area (Å²) in [5.41, 5.74) is 3.45. The predicted molar refractivity (Wildman–Crippen MR) is 59.5 cm³/mol. The zero-order chi connectivity index (χ0) is 19.7. The standard InChI is InChI=1S/C11H21N3O/c12-10(15)11(4-6-13-7-5-11)14-8-2-1-3-9-14/h13H,1-9H2,(H2,12,15)/i1D2,2D2,3D2,8D2,9D2. The van der Waals surface area contributed by atoms with Crippen LogP contribution >= 0.6 is 0 Å². The molecule has 0 saturated carbocycles. The lowest BCUT2D eigenvalue weighted by atomic mass is 9.84. The lowest BCUT2D eigenvalue weighted by Gasteiger charge is -2.45. The number of likely N-dealkylation sites (tertiary alicyclic amines) is 1. The minimum atomic E-state index is -3.50. The summed E-state index contributed by atoms with van der Waals surface area (Å²) in [5.74, 6) is -1.10. The lowest BCUT2D eigenvalue weighted by Crippen LogP contribution is -2.62. The third kappa shape index (κ3) is 2.01. The number of nitrogens with one attached hydrogen (secondary N) is 1. The van der Waals surface area contributed by atoms with Crippen molar-refractivity contribution in [3.8, 4) is 0 Å². The van der Waals surface area contributed by atoms with Gasteiger partial charge in [0.25, 0.3) is 0 Å². The highest BCUT2D eigenvalue weighted by molar-refractivity contribution is 5.84. The first-order valence-electron chi connectivity index (χ1n) is 9.83. The molecule has 2 saturated heterocycles. The van der Waals surface area contributed by atoms with E-state index in [9.17, 15) is 4.79 Å². The van der Waals surface area contributed by atoms with E-state index in [4.69, 9.17) is 19.4 Å². The highest BCUT2D eigenvalue weighted by Gasteiger charge is 2.43. The van der Waals surface area contributed by atoms with E-state index in [-0.39, 0.29) is 30.8 Å². The Morgan fingerprint density at radius 1 is 1.27 bits per heavy atom. The van der Waals surface area contributed by atoms with E-state index in [1.165, 1.54) is 0 Å². The molecule has 0 bridgehead atoms. The molecule has 0 unspecified atom stereocenters. The van der Waals surface area contributed by atoms with Crippen molar-refractivity contribution in [1.29, 1.82) is 0 Å². The molecule has 4 heteroatoms. The third-order valence-electron chi connectivity index (χ3n) is 2.78. The monoisotopic (exact) mass is 221 g/mol. The first kappa shape index (κ1) is 4.00. The largest absolute Gasteiger partial charge is 0.368 e. The summed E-state index contributed by atoms with van der Waals surface area (Å²) < 4.78 is 80.1. The van der Waals surface area contributed by atoms with Gasteiger partial charge in [0.2, 0.25) is 5.91 Å². The SMILES string of the molecule is [2H]C1([2H])N(C2(C(N)=O)CCNCC2)C([2H])([2H])C([2H])([2H])C([2H])([2H])C1([2H])[2H]. The molecule has 0 atom stereocenters. The topological polar surface area (TPSA) is 58.4 Å². The highest BCUT2D eigenvalue weighted by atomic mass is 16.1. The molecule has 2 aliphatic heterocycles. The molecule has 0 aliphatic carbocycles. The van der Waals surface area contributed by atoms with Crippen LogP contribution in [0.15, 0.2) is 0 Å². The molecule has 0 spiro atoms. The summed E-state index contributed by atoms with van der Waals surface area (Å²) in [6, 6.07) is 0. The molecule has 1 amide bonds. The zero-order valence-electron chi connectivity index (χ0n) is 18.3. The molecule has 0 aromatic carbocycles. The summed E-state index contributed by atoms with van der Waals surface area (Å²) in [4.78, 5) is 12.4. The van der Waals surface area contributed by atoms with E-state index < -0.39 is 43.6 Å². The van der Waals surface area contributed by atoms with Crippen LogP contribution in [0.2, 0.25) is 0 Å². The Labute approximate surface area is 105 Å². The molecule has 0 aromatic rings. The van der Waals surface area contributed by atoms with Crippen molar-refractivity contribution in [3.05, 3.63) is 0 Å². The summed E-state index contributed by atoms with van der Waals surface area (Å²) in [5, 5.41) is 2.90. The molecule has 0 radical (unpaired) electrons. The molecule has 2 rings (SSSR count). The van der Waals surface area contributed by atoms with Crippen LogP contribution in [0.1, 0.15) is 45.7 Å². The number of hydrogen-bond acceptors (Lipinski definition) is 3. The molecule has 0 aromatic heterocycles. The zero-order valence-corrected chi connectivity index (χ0v) is 8.26. The summed E-state index contributed by atoms with van der Waals surface area (Å²) >= 11 is 0. The van der Waals surface area contributed by atoms with E-state index in [1.807, 2.05) is 0 Å². The second-order valence-electron chi connectivity index (χ2n) is 3.58. The van der Waals surface area contributed by atoms with Crippen molar-refractivity contribution in [2.75, 3.05) is 26.1 Å². The maximum Gasteiger partial charge on any atom is 0.238 e. The van der Waals surface area contributed by atoms with Crippen LogP contribution in [0.25, 0.3) is 0 Å². The van der Waals surface area contributed by atoms with Crippen LogP contribution in [-0.2, 0) is 4.79 Å². The smallest absolute Gasteiger partial charge is 0.238 e. The van der Waals surface area contributed by atoms with Crippen LogP contribution < -0.4 is 11.1 Å². The maximum absolute atomic E-state index is 12.2. The van der Waals surface area contributed by atoms with Gasteiger partial charge in [0.05, 0.1) is 0 Å². The van der Waals surface area contributed by atoms with E-state index >= 15 is 0 Å². The van der Waals surface area contributed by atoms with Gasteiger partial charge in [-0.1, -0.05) is 6.37 Å². The number of amides is 1. The molecule has 3 N–H and O–H groups in total. The average molecular weight is 221 g/mol. The fraction of sp³-hybridized carbons (Fsp3) is 0.909. The number of carbonyl (C=O) groups is 1. The van der Waals surface area contributed by atoms with Crippen LogP contribution in [0, 0.1) is 0 Å². The number of nitrogens with zero attached hydrogens (tertiary/aromatic N) is 1. The van der Waals surface area contributed by atoms with Gasteiger partial charge >= 0.3 is 0 Å². The van der Waals surface area contributed by atoms with E-state index in [0.717, 1.165) is 0 Å². The Hall–Kier alpha value is -0.610. The van der Waals surface area contributed by atoms with Gasteiger partial charge in [-0.15, -0.1) is 0 Å². The summed E-state index contributed by atoms with van der Waals surface area (Å²) in [7, 11) is 0. The molecule has 2 heterocycles. The normalized spacial score (nSPS) is 54.1. The van der Waals surface area contributed by atoms with E-state index in [0.29, 0.717) is 0 Å². The first-order chi connectivity index (χ1) is 11.0.